The lowest BCUT2D eigenvalue weighted by Gasteiger charge is -2.25. The summed E-state index contributed by atoms with van der Waals surface area (Å²) in [5.74, 6) is 0.792. The van der Waals surface area contributed by atoms with Crippen molar-refractivity contribution in [3.63, 3.8) is 0 Å². The summed E-state index contributed by atoms with van der Waals surface area (Å²) in [4.78, 5) is 9.17. The summed E-state index contributed by atoms with van der Waals surface area (Å²) in [6.07, 6.45) is 3.45. The predicted octanol–water partition coefficient (Wildman–Crippen LogP) is 2.31. The zero-order valence-electron chi connectivity index (χ0n) is 11.8. The highest BCUT2D eigenvalue weighted by molar-refractivity contribution is 5.14. The maximum absolute atomic E-state index is 5.58. The van der Waals surface area contributed by atoms with Gasteiger partial charge in [-0.3, -0.25) is 0 Å². The summed E-state index contributed by atoms with van der Waals surface area (Å²) in [6, 6.07) is 2.74. The van der Waals surface area contributed by atoms with Crippen LogP contribution in [0.25, 0.3) is 0 Å². The first-order chi connectivity index (χ1) is 8.57. The molecule has 0 aliphatic heterocycles. The first-order valence-corrected chi connectivity index (χ1v) is 6.71. The molecular formula is C14H23N3O. The lowest BCUT2D eigenvalue weighted by Crippen LogP contribution is -2.28. The molecule has 0 saturated heterocycles. The van der Waals surface area contributed by atoms with Gasteiger partial charge >= 0.3 is 0 Å². The van der Waals surface area contributed by atoms with Gasteiger partial charge in [0.15, 0.2) is 5.82 Å². The van der Waals surface area contributed by atoms with Crippen molar-refractivity contribution in [1.82, 2.24) is 15.3 Å². The Morgan fingerprint density at radius 2 is 2.17 bits per heavy atom. The second-order valence-electron chi connectivity index (χ2n) is 5.27. The van der Waals surface area contributed by atoms with Gasteiger partial charge in [0, 0.05) is 25.4 Å². The fourth-order valence-corrected chi connectivity index (χ4v) is 1.89. The van der Waals surface area contributed by atoms with Crippen LogP contribution >= 0.6 is 0 Å². The summed E-state index contributed by atoms with van der Waals surface area (Å²) in [6.45, 7) is 6.97. The number of nitrogens with one attached hydrogen (secondary N) is 1. The van der Waals surface area contributed by atoms with Crippen LogP contribution in [-0.4, -0.2) is 23.1 Å². The molecule has 1 saturated carbocycles. The van der Waals surface area contributed by atoms with Gasteiger partial charge in [-0.1, -0.05) is 6.92 Å². The third-order valence-electron chi connectivity index (χ3n) is 3.65. The molecule has 18 heavy (non-hydrogen) atoms. The Morgan fingerprint density at radius 1 is 1.44 bits per heavy atom. The number of methoxy groups -OCH3 is 1. The SMILES string of the molecule is CCC(C)(OC)c1nc(C)cc(CNC2CC2)n1. The Morgan fingerprint density at radius 3 is 2.72 bits per heavy atom. The van der Waals surface area contributed by atoms with Crippen molar-refractivity contribution in [3.8, 4) is 0 Å². The van der Waals surface area contributed by atoms with Gasteiger partial charge in [0.05, 0.1) is 5.69 Å². The van der Waals surface area contributed by atoms with Crippen LogP contribution in [0.5, 0.6) is 0 Å². The number of hydrogen-bond donors (Lipinski definition) is 1. The second-order valence-corrected chi connectivity index (χ2v) is 5.27. The molecular weight excluding hydrogens is 226 g/mol. The fraction of sp³-hybridized carbons (Fsp3) is 0.714. The van der Waals surface area contributed by atoms with Crippen molar-refractivity contribution in [1.29, 1.82) is 0 Å². The van der Waals surface area contributed by atoms with E-state index in [4.69, 9.17) is 4.74 Å². The largest absolute Gasteiger partial charge is 0.371 e. The molecule has 1 aliphatic rings. The molecule has 1 aromatic rings. The van der Waals surface area contributed by atoms with Crippen LogP contribution in [0.15, 0.2) is 6.07 Å². The summed E-state index contributed by atoms with van der Waals surface area (Å²) in [5, 5.41) is 3.48. The zero-order chi connectivity index (χ0) is 13.2. The van der Waals surface area contributed by atoms with E-state index in [0.717, 1.165) is 30.2 Å². The summed E-state index contributed by atoms with van der Waals surface area (Å²) >= 11 is 0. The third kappa shape index (κ3) is 3.06. The van der Waals surface area contributed by atoms with E-state index in [-0.39, 0.29) is 5.60 Å². The van der Waals surface area contributed by atoms with Crippen LogP contribution in [0.3, 0.4) is 0 Å². The maximum atomic E-state index is 5.58. The molecule has 0 radical (unpaired) electrons. The molecule has 1 unspecified atom stereocenters. The molecule has 0 aromatic carbocycles. The van der Waals surface area contributed by atoms with Gasteiger partial charge < -0.3 is 10.1 Å². The molecule has 1 N–H and O–H groups in total. The van der Waals surface area contributed by atoms with Crippen LogP contribution in [0.2, 0.25) is 0 Å². The number of ether oxygens (including phenoxy) is 1. The lowest BCUT2D eigenvalue weighted by atomic mass is 10.0. The molecule has 1 aromatic heterocycles. The fourth-order valence-electron chi connectivity index (χ4n) is 1.89. The van der Waals surface area contributed by atoms with Crippen LogP contribution in [0, 0.1) is 6.92 Å². The highest BCUT2D eigenvalue weighted by Gasteiger charge is 2.28. The van der Waals surface area contributed by atoms with Gasteiger partial charge in [0.1, 0.15) is 5.60 Å². The first kappa shape index (κ1) is 13.4. The molecule has 0 amide bonds. The van der Waals surface area contributed by atoms with E-state index in [1.807, 2.05) is 19.9 Å². The van der Waals surface area contributed by atoms with Gasteiger partial charge in [-0.2, -0.15) is 0 Å². The second kappa shape index (κ2) is 5.33. The van der Waals surface area contributed by atoms with E-state index < -0.39 is 0 Å². The molecule has 1 aliphatic carbocycles. The van der Waals surface area contributed by atoms with E-state index >= 15 is 0 Å². The van der Waals surface area contributed by atoms with Crippen molar-refractivity contribution in [2.45, 2.75) is 58.2 Å². The number of hydrogen-bond acceptors (Lipinski definition) is 4. The Bertz CT molecular complexity index is 412. The Balaban J connectivity index is 2.18. The van der Waals surface area contributed by atoms with Crippen molar-refractivity contribution in [2.24, 2.45) is 0 Å². The van der Waals surface area contributed by atoms with E-state index in [1.54, 1.807) is 7.11 Å². The summed E-state index contributed by atoms with van der Waals surface area (Å²) < 4.78 is 5.58. The average Bonchev–Trinajstić information content (AvgIpc) is 3.19. The average molecular weight is 249 g/mol. The van der Waals surface area contributed by atoms with Crippen LogP contribution in [0.1, 0.15) is 50.3 Å². The van der Waals surface area contributed by atoms with Crippen LogP contribution < -0.4 is 5.32 Å². The van der Waals surface area contributed by atoms with E-state index in [1.165, 1.54) is 12.8 Å². The van der Waals surface area contributed by atoms with E-state index in [2.05, 4.69) is 22.2 Å². The monoisotopic (exact) mass is 249 g/mol. The molecule has 1 heterocycles. The third-order valence-corrected chi connectivity index (χ3v) is 3.65. The van der Waals surface area contributed by atoms with Gasteiger partial charge in [-0.05, 0) is 39.2 Å². The van der Waals surface area contributed by atoms with E-state index in [9.17, 15) is 0 Å². The Labute approximate surface area is 109 Å². The quantitative estimate of drug-likeness (QED) is 0.840. The molecule has 0 bridgehead atoms. The molecule has 4 heteroatoms. The minimum absolute atomic E-state index is 0.389. The van der Waals surface area contributed by atoms with Crippen LogP contribution in [-0.2, 0) is 16.9 Å². The standard InChI is InChI=1S/C14H23N3O/c1-5-14(3,18-4)13-16-10(2)8-12(17-13)9-15-11-6-7-11/h8,11,15H,5-7,9H2,1-4H3. The topological polar surface area (TPSA) is 47.0 Å². The van der Waals surface area contributed by atoms with Gasteiger partial charge in [0.2, 0.25) is 0 Å². The molecule has 1 atom stereocenters. The van der Waals surface area contributed by atoms with Gasteiger partial charge in [-0.15, -0.1) is 0 Å². The van der Waals surface area contributed by atoms with Crippen molar-refractivity contribution >= 4 is 0 Å². The summed E-state index contributed by atoms with van der Waals surface area (Å²) in [7, 11) is 1.72. The number of aromatic nitrogens is 2. The lowest BCUT2D eigenvalue weighted by molar-refractivity contribution is -0.00930. The first-order valence-electron chi connectivity index (χ1n) is 6.71. The Kier molecular flexibility index (Phi) is 3.97. The van der Waals surface area contributed by atoms with Crippen molar-refractivity contribution < 1.29 is 4.74 Å². The highest BCUT2D eigenvalue weighted by Crippen LogP contribution is 2.25. The number of aryl methyl sites for hydroxylation is 1. The molecule has 2 rings (SSSR count). The molecule has 100 valence electrons. The normalized spacial score (nSPS) is 18.7. The highest BCUT2D eigenvalue weighted by atomic mass is 16.5. The smallest absolute Gasteiger partial charge is 0.160 e. The maximum Gasteiger partial charge on any atom is 0.160 e. The predicted molar refractivity (Wildman–Crippen MR) is 71.3 cm³/mol. The van der Waals surface area contributed by atoms with Crippen molar-refractivity contribution in [3.05, 3.63) is 23.3 Å². The molecule has 4 nitrogen and oxygen atoms in total. The zero-order valence-corrected chi connectivity index (χ0v) is 11.8. The van der Waals surface area contributed by atoms with E-state index in [0.29, 0.717) is 6.04 Å². The molecule has 0 spiro atoms. The summed E-state index contributed by atoms with van der Waals surface area (Å²) in [5.41, 5.74) is 1.67. The Hall–Kier alpha value is -1.00. The number of rotatable bonds is 6. The van der Waals surface area contributed by atoms with Gasteiger partial charge in [-0.25, -0.2) is 9.97 Å². The number of nitrogens with zero attached hydrogens (tertiary/aromatic N) is 2. The molecule has 1 fully saturated rings. The minimum Gasteiger partial charge on any atom is -0.371 e. The van der Waals surface area contributed by atoms with Gasteiger partial charge in [0.25, 0.3) is 0 Å². The van der Waals surface area contributed by atoms with Crippen molar-refractivity contribution in [2.75, 3.05) is 7.11 Å². The minimum atomic E-state index is -0.389. The van der Waals surface area contributed by atoms with Crippen LogP contribution in [0.4, 0.5) is 0 Å².